The van der Waals surface area contributed by atoms with Crippen LogP contribution < -0.4 is 5.32 Å². The fourth-order valence-corrected chi connectivity index (χ4v) is 3.62. The Kier molecular flexibility index (Phi) is 4.79. The number of carbonyl (C=O) groups excluding carboxylic acids is 1. The average molecular weight is 361 g/mol. The normalized spacial score (nSPS) is 18.6. The molecule has 4 heteroatoms. The molecule has 0 aromatic heterocycles. The van der Waals surface area contributed by atoms with E-state index in [0.717, 1.165) is 46.9 Å². The number of likely N-dealkylation sites (tertiary alicyclic amines) is 1. The lowest BCUT2D eigenvalue weighted by Crippen LogP contribution is -2.42. The Labute approximate surface area is 139 Å². The number of fused-ring (bicyclic) bond motifs is 1. The van der Waals surface area contributed by atoms with Gasteiger partial charge in [-0.3, -0.25) is 4.79 Å². The molecule has 0 bridgehead atoms. The maximum atomic E-state index is 12.8. The highest BCUT2D eigenvalue weighted by molar-refractivity contribution is 9.10. The van der Waals surface area contributed by atoms with Gasteiger partial charge in [-0.2, -0.15) is 0 Å². The average Bonchev–Trinajstić information content (AvgIpc) is 2.54. The molecule has 2 aromatic rings. The number of amides is 1. The van der Waals surface area contributed by atoms with E-state index in [1.807, 2.05) is 36.2 Å². The Bertz CT molecular complexity index is 684. The van der Waals surface area contributed by atoms with E-state index in [1.165, 1.54) is 6.42 Å². The van der Waals surface area contributed by atoms with Gasteiger partial charge < -0.3 is 10.2 Å². The lowest BCUT2D eigenvalue weighted by atomic mass is 9.97. The molecule has 1 aliphatic heterocycles. The van der Waals surface area contributed by atoms with Crippen LogP contribution in [-0.2, 0) is 0 Å². The van der Waals surface area contributed by atoms with Gasteiger partial charge in [0.1, 0.15) is 0 Å². The zero-order valence-electron chi connectivity index (χ0n) is 12.8. The van der Waals surface area contributed by atoms with Crippen LogP contribution in [0, 0.1) is 5.92 Å². The van der Waals surface area contributed by atoms with Crippen molar-refractivity contribution in [2.45, 2.75) is 12.8 Å². The lowest BCUT2D eigenvalue weighted by Gasteiger charge is -2.32. The molecule has 0 aliphatic carbocycles. The van der Waals surface area contributed by atoms with Crippen molar-refractivity contribution < 1.29 is 4.79 Å². The van der Waals surface area contributed by atoms with Gasteiger partial charge in [-0.15, -0.1) is 0 Å². The summed E-state index contributed by atoms with van der Waals surface area (Å²) in [6.07, 6.45) is 2.30. The van der Waals surface area contributed by atoms with Crippen molar-refractivity contribution in [2.75, 3.05) is 26.7 Å². The second-order valence-corrected chi connectivity index (χ2v) is 6.94. The Hall–Kier alpha value is -1.39. The number of nitrogens with zero attached hydrogens (tertiary/aromatic N) is 1. The number of piperidine rings is 1. The lowest BCUT2D eigenvalue weighted by molar-refractivity contribution is 0.0674. The number of nitrogens with one attached hydrogen (secondary N) is 1. The van der Waals surface area contributed by atoms with Gasteiger partial charge in [-0.1, -0.05) is 28.1 Å². The monoisotopic (exact) mass is 360 g/mol. The number of halogens is 1. The quantitative estimate of drug-likeness (QED) is 0.905. The van der Waals surface area contributed by atoms with Crippen LogP contribution in [0.3, 0.4) is 0 Å². The van der Waals surface area contributed by atoms with Crippen molar-refractivity contribution in [1.29, 1.82) is 0 Å². The zero-order valence-corrected chi connectivity index (χ0v) is 14.4. The largest absolute Gasteiger partial charge is 0.338 e. The third-order valence-electron chi connectivity index (χ3n) is 4.35. The molecule has 2 aromatic carbocycles. The summed E-state index contributed by atoms with van der Waals surface area (Å²) in [7, 11) is 1.97. The molecule has 3 rings (SSSR count). The summed E-state index contributed by atoms with van der Waals surface area (Å²) in [4.78, 5) is 14.8. The van der Waals surface area contributed by atoms with E-state index in [-0.39, 0.29) is 5.91 Å². The van der Waals surface area contributed by atoms with Crippen LogP contribution in [0.5, 0.6) is 0 Å². The minimum absolute atomic E-state index is 0.158. The summed E-state index contributed by atoms with van der Waals surface area (Å²) in [6, 6.07) is 12.1. The van der Waals surface area contributed by atoms with Crippen molar-refractivity contribution in [3.05, 3.63) is 46.4 Å². The summed E-state index contributed by atoms with van der Waals surface area (Å²) in [6.45, 7) is 2.71. The van der Waals surface area contributed by atoms with Crippen LogP contribution in [0.25, 0.3) is 10.8 Å². The summed E-state index contributed by atoms with van der Waals surface area (Å²) < 4.78 is 1.06. The molecule has 1 fully saturated rings. The van der Waals surface area contributed by atoms with Crippen molar-refractivity contribution in [3.8, 4) is 0 Å². The number of rotatable bonds is 3. The molecule has 1 heterocycles. The molecule has 1 saturated heterocycles. The van der Waals surface area contributed by atoms with Crippen LogP contribution in [0.15, 0.2) is 40.9 Å². The minimum atomic E-state index is 0.158. The van der Waals surface area contributed by atoms with Gasteiger partial charge in [0.25, 0.3) is 5.91 Å². The Morgan fingerprint density at radius 1 is 1.27 bits per heavy atom. The third-order valence-corrected chi connectivity index (χ3v) is 4.84. The van der Waals surface area contributed by atoms with Crippen molar-refractivity contribution in [3.63, 3.8) is 0 Å². The molecule has 1 N–H and O–H groups in total. The fraction of sp³-hybridized carbons (Fsp3) is 0.389. The highest BCUT2D eigenvalue weighted by Gasteiger charge is 2.24. The second-order valence-electron chi connectivity index (χ2n) is 6.02. The summed E-state index contributed by atoms with van der Waals surface area (Å²) in [5.74, 6) is 0.727. The first kappa shape index (κ1) is 15.5. The fourth-order valence-electron chi connectivity index (χ4n) is 3.24. The number of hydrogen-bond acceptors (Lipinski definition) is 2. The van der Waals surface area contributed by atoms with Gasteiger partial charge in [0.2, 0.25) is 0 Å². The van der Waals surface area contributed by atoms with Crippen LogP contribution in [0.2, 0.25) is 0 Å². The summed E-state index contributed by atoms with van der Waals surface area (Å²) in [5.41, 5.74) is 0.792. The number of benzene rings is 2. The molecule has 0 radical (unpaired) electrons. The van der Waals surface area contributed by atoms with Crippen molar-refractivity contribution in [2.24, 2.45) is 5.92 Å². The number of hydrogen-bond donors (Lipinski definition) is 1. The smallest absolute Gasteiger partial charge is 0.253 e. The third kappa shape index (κ3) is 3.33. The van der Waals surface area contributed by atoms with E-state index in [2.05, 4.69) is 33.4 Å². The molecule has 1 aliphatic rings. The minimum Gasteiger partial charge on any atom is -0.338 e. The van der Waals surface area contributed by atoms with Crippen LogP contribution in [0.4, 0.5) is 0 Å². The highest BCUT2D eigenvalue weighted by Crippen LogP contribution is 2.23. The van der Waals surface area contributed by atoms with Gasteiger partial charge >= 0.3 is 0 Å². The van der Waals surface area contributed by atoms with E-state index in [1.54, 1.807) is 0 Å². The highest BCUT2D eigenvalue weighted by atomic mass is 79.9. The molecule has 0 spiro atoms. The van der Waals surface area contributed by atoms with Gasteiger partial charge in [0, 0.05) is 23.1 Å². The van der Waals surface area contributed by atoms with Crippen LogP contribution in [0.1, 0.15) is 23.2 Å². The zero-order chi connectivity index (χ0) is 15.5. The predicted molar refractivity (Wildman–Crippen MR) is 94.2 cm³/mol. The Balaban J connectivity index is 1.80. The standard InChI is InChI=1S/C18H21BrN2O/c1-20-11-13-3-2-8-21(12-13)18(22)16-5-4-15-10-17(19)7-6-14(15)9-16/h4-7,9-10,13,20H,2-3,8,11-12H2,1H3. The molecular weight excluding hydrogens is 340 g/mol. The van der Waals surface area contributed by atoms with E-state index in [0.29, 0.717) is 5.92 Å². The van der Waals surface area contributed by atoms with Gasteiger partial charge in [0.15, 0.2) is 0 Å². The maximum Gasteiger partial charge on any atom is 0.253 e. The SMILES string of the molecule is CNCC1CCCN(C(=O)c2ccc3cc(Br)ccc3c2)C1. The van der Waals surface area contributed by atoms with Crippen molar-refractivity contribution >= 4 is 32.6 Å². The van der Waals surface area contributed by atoms with Gasteiger partial charge in [0.05, 0.1) is 0 Å². The van der Waals surface area contributed by atoms with E-state index in [9.17, 15) is 4.79 Å². The topological polar surface area (TPSA) is 32.3 Å². The first-order valence-electron chi connectivity index (χ1n) is 7.80. The molecule has 22 heavy (non-hydrogen) atoms. The molecule has 1 amide bonds. The van der Waals surface area contributed by atoms with Crippen LogP contribution in [-0.4, -0.2) is 37.5 Å². The van der Waals surface area contributed by atoms with Crippen LogP contribution >= 0.6 is 15.9 Å². The van der Waals surface area contributed by atoms with Gasteiger partial charge in [-0.25, -0.2) is 0 Å². The van der Waals surface area contributed by atoms with Gasteiger partial charge in [-0.05, 0) is 67.4 Å². The van der Waals surface area contributed by atoms with E-state index in [4.69, 9.17) is 0 Å². The molecule has 1 unspecified atom stereocenters. The maximum absolute atomic E-state index is 12.8. The van der Waals surface area contributed by atoms with E-state index < -0.39 is 0 Å². The second kappa shape index (κ2) is 6.80. The van der Waals surface area contributed by atoms with E-state index >= 15 is 0 Å². The Morgan fingerprint density at radius 2 is 2.05 bits per heavy atom. The van der Waals surface area contributed by atoms with Crippen molar-refractivity contribution in [1.82, 2.24) is 10.2 Å². The molecule has 1 atom stereocenters. The molecule has 116 valence electrons. The first-order chi connectivity index (χ1) is 10.7. The molecule has 3 nitrogen and oxygen atoms in total. The number of carbonyl (C=O) groups is 1. The molecule has 0 saturated carbocycles. The summed E-state index contributed by atoms with van der Waals surface area (Å²) in [5, 5.41) is 5.48. The summed E-state index contributed by atoms with van der Waals surface area (Å²) >= 11 is 3.48. The Morgan fingerprint density at radius 3 is 2.86 bits per heavy atom. The predicted octanol–water partition coefficient (Wildman–Crippen LogP) is 3.67. The molecular formula is C18H21BrN2O. The first-order valence-corrected chi connectivity index (χ1v) is 8.60.